The van der Waals surface area contributed by atoms with Crippen LogP contribution in [-0.4, -0.2) is 13.2 Å². The summed E-state index contributed by atoms with van der Waals surface area (Å²) in [5, 5.41) is 0. The fourth-order valence-corrected chi connectivity index (χ4v) is 1.76. The van der Waals surface area contributed by atoms with Gasteiger partial charge >= 0.3 is 0 Å². The second-order valence-electron chi connectivity index (χ2n) is 3.34. The second kappa shape index (κ2) is 5.67. The molecule has 1 rings (SSSR count). The maximum atomic E-state index is 13.8. The topological polar surface area (TPSA) is 47.3 Å². The minimum Gasteiger partial charge on any atom is -0.380 e. The molecule has 6 heteroatoms. The molecule has 0 aliphatic heterocycles. The van der Waals surface area contributed by atoms with Crippen LogP contribution in [0.3, 0.4) is 0 Å². The van der Waals surface area contributed by atoms with Crippen LogP contribution in [0.25, 0.3) is 0 Å². The summed E-state index contributed by atoms with van der Waals surface area (Å²) in [7, 11) is 1.45. The van der Waals surface area contributed by atoms with Gasteiger partial charge in [0, 0.05) is 12.7 Å². The first-order chi connectivity index (χ1) is 7.52. The number of hydrogen-bond donors (Lipinski definition) is 2. The van der Waals surface area contributed by atoms with Crippen molar-refractivity contribution >= 4 is 15.9 Å². The molecule has 0 fully saturated rings. The Morgan fingerprint density at radius 2 is 2.06 bits per heavy atom. The number of hydrazine groups is 1. The van der Waals surface area contributed by atoms with E-state index in [1.807, 2.05) is 0 Å². The molecule has 90 valence electrons. The highest BCUT2D eigenvalue weighted by molar-refractivity contribution is 9.10. The normalized spacial score (nSPS) is 14.9. The van der Waals surface area contributed by atoms with Gasteiger partial charge in [-0.15, -0.1) is 0 Å². The van der Waals surface area contributed by atoms with Crippen LogP contribution >= 0.6 is 15.9 Å². The molecule has 0 spiro atoms. The predicted molar refractivity (Wildman–Crippen MR) is 60.6 cm³/mol. The molecule has 3 nitrogen and oxygen atoms in total. The van der Waals surface area contributed by atoms with E-state index in [0.717, 1.165) is 0 Å². The number of nitrogens with two attached hydrogens (primary N) is 1. The van der Waals surface area contributed by atoms with Crippen molar-refractivity contribution in [3.8, 4) is 0 Å². The Labute approximate surface area is 101 Å². The number of methoxy groups -OCH3 is 1. The molecule has 2 unspecified atom stereocenters. The summed E-state index contributed by atoms with van der Waals surface area (Å²) in [4.78, 5) is 0. The lowest BCUT2D eigenvalue weighted by atomic mass is 10.0. The van der Waals surface area contributed by atoms with Crippen molar-refractivity contribution in [3.63, 3.8) is 0 Å². The first kappa shape index (κ1) is 13.5. The molecule has 0 aromatic heterocycles. The van der Waals surface area contributed by atoms with Crippen molar-refractivity contribution in [2.45, 2.75) is 19.1 Å². The van der Waals surface area contributed by atoms with Crippen LogP contribution in [0.15, 0.2) is 16.6 Å². The van der Waals surface area contributed by atoms with E-state index >= 15 is 0 Å². The van der Waals surface area contributed by atoms with Gasteiger partial charge in [-0.2, -0.15) is 0 Å². The zero-order chi connectivity index (χ0) is 12.3. The maximum Gasteiger partial charge on any atom is 0.145 e. The van der Waals surface area contributed by atoms with Crippen molar-refractivity contribution < 1.29 is 13.5 Å². The standard InChI is InChI=1S/C10H13BrF2N2O/c1-5(16-2)10(15-14)8-7(12)4-3-6(11)9(8)13/h3-5,10,15H,14H2,1-2H3. The number of nitrogens with one attached hydrogen (secondary N) is 1. The molecule has 1 aromatic rings. The van der Waals surface area contributed by atoms with Gasteiger partial charge in [-0.1, -0.05) is 0 Å². The molecule has 1 aromatic carbocycles. The van der Waals surface area contributed by atoms with E-state index in [2.05, 4.69) is 21.4 Å². The minimum absolute atomic E-state index is 0.133. The quantitative estimate of drug-likeness (QED) is 0.509. The summed E-state index contributed by atoms with van der Waals surface area (Å²) in [6.45, 7) is 1.67. The predicted octanol–water partition coefficient (Wildman–Crippen LogP) is 2.27. The lowest BCUT2D eigenvalue weighted by Gasteiger charge is -2.23. The Kier molecular flexibility index (Phi) is 4.79. The van der Waals surface area contributed by atoms with Gasteiger partial charge in [-0.3, -0.25) is 11.3 Å². The summed E-state index contributed by atoms with van der Waals surface area (Å²) >= 11 is 3.00. The number of halogens is 3. The zero-order valence-corrected chi connectivity index (χ0v) is 10.5. The molecule has 0 amide bonds. The molecule has 0 saturated heterocycles. The van der Waals surface area contributed by atoms with Crippen LogP contribution in [0, 0.1) is 11.6 Å². The van der Waals surface area contributed by atoms with E-state index in [0.29, 0.717) is 0 Å². The van der Waals surface area contributed by atoms with Gasteiger partial charge in [0.2, 0.25) is 0 Å². The van der Waals surface area contributed by atoms with Crippen LogP contribution in [-0.2, 0) is 4.74 Å². The molecule has 0 heterocycles. The summed E-state index contributed by atoms with van der Waals surface area (Å²) in [5.41, 5.74) is 2.22. The van der Waals surface area contributed by atoms with Gasteiger partial charge in [0.05, 0.1) is 16.6 Å². The van der Waals surface area contributed by atoms with Gasteiger partial charge in [-0.25, -0.2) is 8.78 Å². The van der Waals surface area contributed by atoms with Gasteiger partial charge < -0.3 is 4.74 Å². The molecule has 0 bridgehead atoms. The Morgan fingerprint density at radius 1 is 1.44 bits per heavy atom. The Hall–Kier alpha value is -0.560. The minimum atomic E-state index is -0.748. The van der Waals surface area contributed by atoms with Gasteiger partial charge in [0.1, 0.15) is 11.6 Å². The fraction of sp³-hybridized carbons (Fsp3) is 0.400. The van der Waals surface area contributed by atoms with Crippen LogP contribution in [0.4, 0.5) is 8.78 Å². The van der Waals surface area contributed by atoms with E-state index < -0.39 is 23.8 Å². The van der Waals surface area contributed by atoms with Crippen LogP contribution < -0.4 is 11.3 Å². The molecule has 2 atom stereocenters. The lowest BCUT2D eigenvalue weighted by molar-refractivity contribution is 0.0804. The van der Waals surface area contributed by atoms with Crippen molar-refractivity contribution in [2.24, 2.45) is 5.84 Å². The molecular formula is C10H13BrF2N2O. The Bertz CT molecular complexity index is 376. The third-order valence-electron chi connectivity index (χ3n) is 2.41. The second-order valence-corrected chi connectivity index (χ2v) is 4.20. The fourth-order valence-electron chi connectivity index (χ4n) is 1.42. The summed E-state index contributed by atoms with van der Waals surface area (Å²) in [5.74, 6) is 3.96. The highest BCUT2D eigenvalue weighted by atomic mass is 79.9. The average Bonchev–Trinajstić information content (AvgIpc) is 2.28. The molecule has 0 saturated carbocycles. The van der Waals surface area contributed by atoms with Crippen LogP contribution in [0.1, 0.15) is 18.5 Å². The highest BCUT2D eigenvalue weighted by Crippen LogP contribution is 2.28. The molecular weight excluding hydrogens is 282 g/mol. The van der Waals surface area contributed by atoms with E-state index in [9.17, 15) is 8.78 Å². The first-order valence-electron chi connectivity index (χ1n) is 4.65. The molecule has 0 radical (unpaired) electrons. The summed E-state index contributed by atoms with van der Waals surface area (Å²) in [6, 6.07) is 1.73. The third kappa shape index (κ3) is 2.57. The maximum absolute atomic E-state index is 13.8. The monoisotopic (exact) mass is 294 g/mol. The lowest BCUT2D eigenvalue weighted by Crippen LogP contribution is -2.37. The van der Waals surface area contributed by atoms with Gasteiger partial charge in [-0.05, 0) is 35.0 Å². The van der Waals surface area contributed by atoms with Crippen molar-refractivity contribution in [3.05, 3.63) is 33.8 Å². The molecule has 0 aliphatic rings. The van der Waals surface area contributed by atoms with E-state index in [4.69, 9.17) is 10.6 Å². The van der Waals surface area contributed by atoms with E-state index in [-0.39, 0.29) is 10.0 Å². The van der Waals surface area contributed by atoms with E-state index in [1.54, 1.807) is 6.92 Å². The highest BCUT2D eigenvalue weighted by Gasteiger charge is 2.25. The molecule has 0 aliphatic carbocycles. The smallest absolute Gasteiger partial charge is 0.145 e. The van der Waals surface area contributed by atoms with Gasteiger partial charge in [0.15, 0.2) is 0 Å². The Morgan fingerprint density at radius 3 is 2.56 bits per heavy atom. The van der Waals surface area contributed by atoms with Crippen molar-refractivity contribution in [2.75, 3.05) is 7.11 Å². The summed E-state index contributed by atoms with van der Waals surface area (Å²) in [6.07, 6.45) is -0.455. The first-order valence-corrected chi connectivity index (χ1v) is 5.44. The number of rotatable bonds is 4. The van der Waals surface area contributed by atoms with Crippen LogP contribution in [0.2, 0.25) is 0 Å². The third-order valence-corrected chi connectivity index (χ3v) is 3.02. The molecule has 3 N–H and O–H groups in total. The number of benzene rings is 1. The zero-order valence-electron chi connectivity index (χ0n) is 8.93. The van der Waals surface area contributed by atoms with E-state index in [1.165, 1.54) is 19.2 Å². The Balaban J connectivity index is 3.23. The number of hydrogen-bond acceptors (Lipinski definition) is 3. The largest absolute Gasteiger partial charge is 0.380 e. The number of ether oxygens (including phenoxy) is 1. The average molecular weight is 295 g/mol. The SMILES string of the molecule is COC(C)C(NN)c1c(F)ccc(Br)c1F. The summed E-state index contributed by atoms with van der Waals surface area (Å²) < 4.78 is 32.5. The van der Waals surface area contributed by atoms with Crippen LogP contribution in [0.5, 0.6) is 0 Å². The molecule has 16 heavy (non-hydrogen) atoms. The van der Waals surface area contributed by atoms with Crippen molar-refractivity contribution in [1.82, 2.24) is 5.43 Å². The van der Waals surface area contributed by atoms with Gasteiger partial charge in [0.25, 0.3) is 0 Å². The van der Waals surface area contributed by atoms with Crippen molar-refractivity contribution in [1.29, 1.82) is 0 Å².